The van der Waals surface area contributed by atoms with Gasteiger partial charge < -0.3 is 9.84 Å². The van der Waals surface area contributed by atoms with Crippen LogP contribution in [0.1, 0.15) is 89.8 Å². The molecule has 2 aromatic heterocycles. The van der Waals surface area contributed by atoms with Crippen molar-refractivity contribution in [2.75, 3.05) is 0 Å². The molecule has 0 bridgehead atoms. The number of aromatic carboxylic acids is 1. The van der Waals surface area contributed by atoms with Crippen LogP contribution in [0.5, 0.6) is 0 Å². The monoisotopic (exact) mass is 508 g/mol. The molecule has 0 amide bonds. The average molecular weight is 509 g/mol. The Morgan fingerprint density at radius 3 is 2.39 bits per heavy atom. The normalized spacial score (nSPS) is 16.9. The molecule has 6 heteroatoms. The van der Waals surface area contributed by atoms with Gasteiger partial charge in [0.25, 0.3) is 0 Å². The fraction of sp³-hybridized carbons (Fsp3) is 0.344. The fourth-order valence-electron chi connectivity index (χ4n) is 5.64. The van der Waals surface area contributed by atoms with Crippen LogP contribution < -0.4 is 0 Å². The van der Waals surface area contributed by atoms with Crippen molar-refractivity contribution in [3.05, 3.63) is 94.9 Å². The van der Waals surface area contributed by atoms with E-state index in [1.54, 1.807) is 12.1 Å². The van der Waals surface area contributed by atoms with E-state index in [1.165, 1.54) is 6.42 Å². The Morgan fingerprint density at radius 2 is 1.68 bits per heavy atom. The van der Waals surface area contributed by atoms with E-state index in [9.17, 15) is 14.7 Å². The Balaban J connectivity index is 1.41. The Bertz CT molecular complexity index is 1490. The summed E-state index contributed by atoms with van der Waals surface area (Å²) in [7, 11) is 0. The number of esters is 1. The Labute approximate surface area is 222 Å². The second kappa shape index (κ2) is 10.1. The molecule has 2 aliphatic carbocycles. The molecule has 0 aliphatic heterocycles. The molecule has 0 saturated heterocycles. The van der Waals surface area contributed by atoms with Gasteiger partial charge in [-0.1, -0.05) is 67.8 Å². The number of aryl methyl sites for hydroxylation is 1. The molecule has 2 aromatic carbocycles. The van der Waals surface area contributed by atoms with Crippen LogP contribution in [0.15, 0.2) is 66.9 Å². The van der Waals surface area contributed by atoms with Crippen LogP contribution in [0.3, 0.4) is 0 Å². The molecule has 2 heterocycles. The van der Waals surface area contributed by atoms with E-state index in [4.69, 9.17) is 9.72 Å². The molecule has 0 unspecified atom stereocenters. The van der Waals surface area contributed by atoms with E-state index < -0.39 is 12.1 Å². The maximum absolute atomic E-state index is 13.4. The number of carbonyl (C=O) groups excluding carboxylic acids is 1. The molecular weight excluding hydrogens is 476 g/mol. The lowest BCUT2D eigenvalue weighted by Gasteiger charge is -2.25. The molecule has 1 atom stereocenters. The van der Waals surface area contributed by atoms with Crippen LogP contribution in [0.2, 0.25) is 0 Å². The van der Waals surface area contributed by atoms with E-state index in [2.05, 4.69) is 17.5 Å². The van der Waals surface area contributed by atoms with Gasteiger partial charge >= 0.3 is 11.9 Å². The van der Waals surface area contributed by atoms with Gasteiger partial charge in [0.2, 0.25) is 0 Å². The molecule has 2 fully saturated rings. The summed E-state index contributed by atoms with van der Waals surface area (Å²) >= 11 is 0. The van der Waals surface area contributed by atoms with E-state index >= 15 is 0 Å². The molecule has 0 radical (unpaired) electrons. The van der Waals surface area contributed by atoms with Crippen molar-refractivity contribution in [2.24, 2.45) is 5.92 Å². The first kappa shape index (κ1) is 24.4. The number of carboxylic acid groups (broad SMARTS) is 1. The van der Waals surface area contributed by atoms with Gasteiger partial charge in [-0.05, 0) is 67.0 Å². The minimum atomic E-state index is -0.961. The number of pyridine rings is 1. The van der Waals surface area contributed by atoms with Crippen LogP contribution in [-0.4, -0.2) is 26.4 Å². The van der Waals surface area contributed by atoms with Gasteiger partial charge in [-0.15, -0.1) is 0 Å². The number of hydrogen-bond donors (Lipinski definition) is 1. The topological polar surface area (TPSA) is 80.9 Å². The lowest BCUT2D eigenvalue weighted by molar-refractivity contribution is -0.153. The SMILES string of the molecule is Cc1ccc([C@H](OC(=O)C2CCCCC2)c2ccc(-c3ccccc3C(=O)O)cc2)n2cc(C3CC3)nc12. The molecule has 4 aromatic rings. The Kier molecular flexibility index (Phi) is 6.48. The maximum atomic E-state index is 13.4. The van der Waals surface area contributed by atoms with Gasteiger partial charge in [0.1, 0.15) is 5.65 Å². The summed E-state index contributed by atoms with van der Waals surface area (Å²) in [5, 5.41) is 9.64. The quantitative estimate of drug-likeness (QED) is 0.269. The molecular formula is C32H32N2O4. The first-order valence-electron chi connectivity index (χ1n) is 13.6. The summed E-state index contributed by atoms with van der Waals surface area (Å²) < 4.78 is 8.41. The van der Waals surface area contributed by atoms with Gasteiger partial charge in [0.15, 0.2) is 6.10 Å². The summed E-state index contributed by atoms with van der Waals surface area (Å²) in [6.45, 7) is 2.06. The summed E-state index contributed by atoms with van der Waals surface area (Å²) in [5.41, 5.74) is 6.50. The number of hydrogen-bond acceptors (Lipinski definition) is 4. The summed E-state index contributed by atoms with van der Waals surface area (Å²) in [6.07, 6.45) is 8.87. The van der Waals surface area contributed by atoms with Crippen molar-refractivity contribution in [1.29, 1.82) is 0 Å². The minimum absolute atomic E-state index is 0.0706. The third-order valence-electron chi connectivity index (χ3n) is 7.98. The number of carbonyl (C=O) groups is 2. The molecule has 2 saturated carbocycles. The van der Waals surface area contributed by atoms with Crippen molar-refractivity contribution < 1.29 is 19.4 Å². The number of nitrogens with zero attached hydrogens (tertiary/aromatic N) is 2. The lowest BCUT2D eigenvalue weighted by atomic mass is 9.89. The highest BCUT2D eigenvalue weighted by Gasteiger charge is 2.30. The highest BCUT2D eigenvalue weighted by atomic mass is 16.5. The number of aromatic nitrogens is 2. The predicted octanol–water partition coefficient (Wildman–Crippen LogP) is 7.10. The van der Waals surface area contributed by atoms with Gasteiger partial charge in [-0.25, -0.2) is 9.78 Å². The molecule has 6 rings (SSSR count). The van der Waals surface area contributed by atoms with E-state index in [1.807, 2.05) is 48.5 Å². The maximum Gasteiger partial charge on any atom is 0.336 e. The number of benzene rings is 2. The molecule has 0 spiro atoms. The minimum Gasteiger partial charge on any atom is -0.478 e. The third kappa shape index (κ3) is 4.71. The van der Waals surface area contributed by atoms with Gasteiger partial charge in [-0.2, -0.15) is 0 Å². The van der Waals surface area contributed by atoms with Crippen molar-refractivity contribution in [3.63, 3.8) is 0 Å². The smallest absolute Gasteiger partial charge is 0.336 e. The van der Waals surface area contributed by atoms with Crippen molar-refractivity contribution in [1.82, 2.24) is 9.38 Å². The lowest BCUT2D eigenvalue weighted by Crippen LogP contribution is -2.24. The number of carboxylic acids is 1. The molecule has 1 N–H and O–H groups in total. The fourth-order valence-corrected chi connectivity index (χ4v) is 5.64. The highest BCUT2D eigenvalue weighted by molar-refractivity contribution is 5.96. The Hall–Kier alpha value is -3.93. The number of fused-ring (bicyclic) bond motifs is 1. The standard InChI is InChI=1S/C32H32N2O4/c1-20-11-18-28(34-19-27(22-14-15-22)33-30(20)34)29(38-32(37)24-7-3-2-4-8-24)23-16-12-21(13-17-23)25-9-5-6-10-26(25)31(35)36/h5-6,9-13,16-19,22,24,29H,2-4,7-8,14-15H2,1H3,(H,35,36)/t29-/m1/s1. The molecule has 6 nitrogen and oxygen atoms in total. The summed E-state index contributed by atoms with van der Waals surface area (Å²) in [5.74, 6) is -0.665. The van der Waals surface area contributed by atoms with Gasteiger partial charge in [0.05, 0.1) is 22.9 Å². The zero-order valence-electron chi connectivity index (χ0n) is 21.6. The summed E-state index contributed by atoms with van der Waals surface area (Å²) in [6, 6.07) is 18.8. The highest BCUT2D eigenvalue weighted by Crippen LogP contribution is 2.40. The molecule has 38 heavy (non-hydrogen) atoms. The number of ether oxygens (including phenoxy) is 1. The molecule has 194 valence electrons. The van der Waals surface area contributed by atoms with Crippen LogP contribution in [0, 0.1) is 12.8 Å². The first-order chi connectivity index (χ1) is 18.5. The van der Waals surface area contributed by atoms with Crippen LogP contribution >= 0.6 is 0 Å². The average Bonchev–Trinajstić information content (AvgIpc) is 3.70. The van der Waals surface area contributed by atoms with Gasteiger partial charge in [-0.3, -0.25) is 9.20 Å². The van der Waals surface area contributed by atoms with Crippen molar-refractivity contribution >= 4 is 17.6 Å². The molecule has 2 aliphatic rings. The van der Waals surface area contributed by atoms with Crippen LogP contribution in [0.25, 0.3) is 16.8 Å². The predicted molar refractivity (Wildman–Crippen MR) is 145 cm³/mol. The van der Waals surface area contributed by atoms with Crippen LogP contribution in [0.4, 0.5) is 0 Å². The largest absolute Gasteiger partial charge is 0.478 e. The van der Waals surface area contributed by atoms with E-state index in [0.29, 0.717) is 11.5 Å². The zero-order valence-corrected chi connectivity index (χ0v) is 21.6. The van der Waals surface area contributed by atoms with Gasteiger partial charge in [0, 0.05) is 12.1 Å². The number of imidazole rings is 1. The first-order valence-corrected chi connectivity index (χ1v) is 13.6. The van der Waals surface area contributed by atoms with Crippen molar-refractivity contribution in [2.45, 2.75) is 63.9 Å². The summed E-state index contributed by atoms with van der Waals surface area (Å²) in [4.78, 5) is 30.1. The zero-order chi connectivity index (χ0) is 26.2. The van der Waals surface area contributed by atoms with E-state index in [0.717, 1.165) is 72.3 Å². The Morgan fingerprint density at radius 1 is 0.947 bits per heavy atom. The van der Waals surface area contributed by atoms with Crippen LogP contribution in [-0.2, 0) is 9.53 Å². The number of rotatable bonds is 7. The third-order valence-corrected chi connectivity index (χ3v) is 7.98. The second-order valence-corrected chi connectivity index (χ2v) is 10.7. The second-order valence-electron chi connectivity index (χ2n) is 10.7. The van der Waals surface area contributed by atoms with E-state index in [-0.39, 0.29) is 17.5 Å². The van der Waals surface area contributed by atoms with Crippen molar-refractivity contribution in [3.8, 4) is 11.1 Å².